The van der Waals surface area contributed by atoms with Crippen LogP contribution in [0.1, 0.15) is 76.6 Å². The molecule has 1 aromatic carbocycles. The van der Waals surface area contributed by atoms with Crippen molar-refractivity contribution in [2.45, 2.75) is 84.5 Å². The van der Waals surface area contributed by atoms with Crippen molar-refractivity contribution in [3.05, 3.63) is 58.7 Å². The standard InChI is InChI=1S/C31H42ClNO7/c1-5-19(3)30(36)40-27-15-18(2)14-22-7-6-20(4)26(29(22)27)13-12-24(34)16-25(17-28(35)33-38)39-31(37)21-8-10-23(32)11-9-21/h6-11,14,18-20,24-27,29,34,38H,5,12-13,15-17H2,1-4H3,(H,33,35)/t18-,19-,20-,24+,25-,26-,27-,29-/m0/s1. The molecule has 9 heteroatoms. The van der Waals surface area contributed by atoms with E-state index in [2.05, 4.69) is 32.1 Å². The zero-order valence-corrected chi connectivity index (χ0v) is 24.5. The van der Waals surface area contributed by atoms with Crippen LogP contribution in [-0.2, 0) is 19.1 Å². The number of carbonyl (C=O) groups is 3. The fourth-order valence-corrected chi connectivity index (χ4v) is 5.82. The first-order valence-corrected chi connectivity index (χ1v) is 14.6. The number of hydrogen-bond acceptors (Lipinski definition) is 7. The Balaban J connectivity index is 1.69. The summed E-state index contributed by atoms with van der Waals surface area (Å²) in [6, 6.07) is 6.15. The number of aliphatic hydroxyl groups is 1. The molecule has 0 saturated carbocycles. The Kier molecular flexibility index (Phi) is 11.8. The molecule has 0 aliphatic heterocycles. The van der Waals surface area contributed by atoms with Crippen LogP contribution < -0.4 is 5.48 Å². The summed E-state index contributed by atoms with van der Waals surface area (Å²) in [5, 5.41) is 20.4. The molecule has 0 aromatic heterocycles. The third-order valence-corrected chi connectivity index (χ3v) is 8.39. The number of fused-ring (bicyclic) bond motifs is 1. The number of benzene rings is 1. The average Bonchev–Trinajstić information content (AvgIpc) is 2.92. The number of hydrogen-bond donors (Lipinski definition) is 3. The normalized spacial score (nSPS) is 26.1. The van der Waals surface area contributed by atoms with E-state index in [4.69, 9.17) is 26.3 Å². The molecule has 220 valence electrons. The minimum absolute atomic E-state index is 0.0283. The third-order valence-electron chi connectivity index (χ3n) is 8.14. The van der Waals surface area contributed by atoms with Crippen molar-refractivity contribution in [3.8, 4) is 0 Å². The Morgan fingerprint density at radius 1 is 1.18 bits per heavy atom. The Morgan fingerprint density at radius 2 is 1.88 bits per heavy atom. The predicted octanol–water partition coefficient (Wildman–Crippen LogP) is 5.65. The topological polar surface area (TPSA) is 122 Å². The zero-order valence-electron chi connectivity index (χ0n) is 23.7. The summed E-state index contributed by atoms with van der Waals surface area (Å²) >= 11 is 5.89. The van der Waals surface area contributed by atoms with Crippen LogP contribution >= 0.6 is 11.6 Å². The molecular formula is C31H42ClNO7. The zero-order chi connectivity index (χ0) is 29.4. The lowest BCUT2D eigenvalue weighted by atomic mass is 9.65. The van der Waals surface area contributed by atoms with Crippen molar-refractivity contribution in [1.82, 2.24) is 5.48 Å². The van der Waals surface area contributed by atoms with E-state index in [0.717, 1.165) is 12.8 Å². The van der Waals surface area contributed by atoms with Crippen molar-refractivity contribution >= 4 is 29.4 Å². The number of amides is 1. The van der Waals surface area contributed by atoms with E-state index >= 15 is 0 Å². The molecule has 0 radical (unpaired) electrons. The van der Waals surface area contributed by atoms with Crippen LogP contribution in [0.2, 0.25) is 5.02 Å². The highest BCUT2D eigenvalue weighted by atomic mass is 35.5. The molecule has 0 heterocycles. The molecule has 2 aliphatic rings. The fraction of sp³-hybridized carbons (Fsp3) is 0.581. The van der Waals surface area contributed by atoms with Gasteiger partial charge in [-0.2, -0.15) is 0 Å². The lowest BCUT2D eigenvalue weighted by Gasteiger charge is -2.43. The first kappa shape index (κ1) is 31.8. The van der Waals surface area contributed by atoms with Gasteiger partial charge in [-0.25, -0.2) is 10.3 Å². The highest BCUT2D eigenvalue weighted by Gasteiger charge is 2.41. The second kappa shape index (κ2) is 14.8. The first-order valence-electron chi connectivity index (χ1n) is 14.2. The minimum atomic E-state index is -0.941. The van der Waals surface area contributed by atoms with Crippen molar-refractivity contribution in [3.63, 3.8) is 0 Å². The SMILES string of the molecule is CC[C@H](C)C(=O)O[C@H]1C[C@@H](C)C=C2C=C[C@H](C)[C@H](CC[C@@H](O)C[C@@H](CC(=O)NO)OC(=O)c3ccc(Cl)cc3)[C@H]21. The van der Waals surface area contributed by atoms with E-state index in [1.165, 1.54) is 17.7 Å². The number of rotatable bonds is 12. The number of aliphatic hydroxyl groups excluding tert-OH is 1. The number of nitrogens with one attached hydrogen (secondary N) is 1. The van der Waals surface area contributed by atoms with E-state index in [1.54, 1.807) is 17.6 Å². The van der Waals surface area contributed by atoms with Crippen molar-refractivity contribution in [2.75, 3.05) is 0 Å². The molecule has 0 spiro atoms. The Bertz CT molecular complexity index is 1090. The molecule has 8 atom stereocenters. The summed E-state index contributed by atoms with van der Waals surface area (Å²) in [7, 11) is 0. The summed E-state index contributed by atoms with van der Waals surface area (Å²) in [5.41, 5.74) is 3.00. The number of carbonyl (C=O) groups excluding carboxylic acids is 3. The largest absolute Gasteiger partial charge is 0.461 e. The Morgan fingerprint density at radius 3 is 2.52 bits per heavy atom. The van der Waals surface area contributed by atoms with Gasteiger partial charge in [0, 0.05) is 17.4 Å². The molecule has 2 aliphatic carbocycles. The monoisotopic (exact) mass is 575 g/mol. The van der Waals surface area contributed by atoms with Gasteiger partial charge in [0.15, 0.2) is 0 Å². The van der Waals surface area contributed by atoms with Crippen molar-refractivity contribution in [1.29, 1.82) is 0 Å². The Hall–Kier alpha value is -2.68. The second-order valence-electron chi connectivity index (χ2n) is 11.3. The maximum Gasteiger partial charge on any atom is 0.338 e. The molecule has 3 N–H and O–H groups in total. The highest BCUT2D eigenvalue weighted by Crippen LogP contribution is 2.45. The van der Waals surface area contributed by atoms with E-state index in [-0.39, 0.29) is 54.1 Å². The van der Waals surface area contributed by atoms with Gasteiger partial charge in [-0.05, 0) is 73.3 Å². The molecule has 8 nitrogen and oxygen atoms in total. The number of allylic oxidation sites excluding steroid dienone is 3. The van der Waals surface area contributed by atoms with E-state index in [0.29, 0.717) is 23.8 Å². The van der Waals surface area contributed by atoms with Crippen LogP contribution in [0.15, 0.2) is 48.1 Å². The smallest absolute Gasteiger partial charge is 0.338 e. The molecule has 40 heavy (non-hydrogen) atoms. The quantitative estimate of drug-likeness (QED) is 0.167. The van der Waals surface area contributed by atoms with E-state index in [1.807, 2.05) is 13.8 Å². The number of ether oxygens (including phenoxy) is 2. The maximum atomic E-state index is 12.7. The van der Waals surface area contributed by atoms with E-state index in [9.17, 15) is 19.5 Å². The fourth-order valence-electron chi connectivity index (χ4n) is 5.69. The molecule has 1 amide bonds. The van der Waals surface area contributed by atoms with Gasteiger partial charge in [-0.3, -0.25) is 14.8 Å². The number of esters is 2. The summed E-state index contributed by atoms with van der Waals surface area (Å²) < 4.78 is 11.6. The van der Waals surface area contributed by atoms with Gasteiger partial charge in [0.2, 0.25) is 5.91 Å². The van der Waals surface area contributed by atoms with Crippen LogP contribution in [0.3, 0.4) is 0 Å². The second-order valence-corrected chi connectivity index (χ2v) is 11.7. The number of halogens is 1. The summed E-state index contributed by atoms with van der Waals surface area (Å²) in [6.45, 7) is 8.13. The van der Waals surface area contributed by atoms with Gasteiger partial charge < -0.3 is 14.6 Å². The van der Waals surface area contributed by atoms with Crippen LogP contribution in [0.25, 0.3) is 0 Å². The molecule has 1 aromatic rings. The highest BCUT2D eigenvalue weighted by molar-refractivity contribution is 6.30. The maximum absolute atomic E-state index is 12.7. The summed E-state index contributed by atoms with van der Waals surface area (Å²) in [6.07, 6.45) is 6.82. The molecule has 3 rings (SSSR count). The molecule has 0 saturated heterocycles. The third kappa shape index (κ3) is 8.66. The van der Waals surface area contributed by atoms with Gasteiger partial charge >= 0.3 is 11.9 Å². The van der Waals surface area contributed by atoms with Gasteiger partial charge in [-0.15, -0.1) is 0 Å². The van der Waals surface area contributed by atoms with Gasteiger partial charge in [0.25, 0.3) is 0 Å². The molecule has 0 bridgehead atoms. The van der Waals surface area contributed by atoms with Crippen LogP contribution in [-0.4, -0.2) is 46.5 Å². The van der Waals surface area contributed by atoms with Crippen LogP contribution in [0, 0.1) is 29.6 Å². The molecule has 0 fully saturated rings. The minimum Gasteiger partial charge on any atom is -0.461 e. The van der Waals surface area contributed by atoms with Crippen molar-refractivity contribution in [2.24, 2.45) is 29.6 Å². The first-order chi connectivity index (χ1) is 19.0. The number of hydroxylamine groups is 1. The predicted molar refractivity (Wildman–Crippen MR) is 152 cm³/mol. The van der Waals surface area contributed by atoms with Gasteiger partial charge in [0.1, 0.15) is 12.2 Å². The molecular weight excluding hydrogens is 534 g/mol. The van der Waals surface area contributed by atoms with E-state index < -0.39 is 24.1 Å². The molecule has 0 unspecified atom stereocenters. The average molecular weight is 576 g/mol. The Labute approximate surface area is 241 Å². The van der Waals surface area contributed by atoms with Crippen LogP contribution in [0.4, 0.5) is 0 Å². The lowest BCUT2D eigenvalue weighted by Crippen LogP contribution is -2.41. The van der Waals surface area contributed by atoms with Crippen molar-refractivity contribution < 1.29 is 34.2 Å². The summed E-state index contributed by atoms with van der Waals surface area (Å²) in [5.74, 6) is -1.02. The van der Waals surface area contributed by atoms with Gasteiger partial charge in [0.05, 0.1) is 24.0 Å². The summed E-state index contributed by atoms with van der Waals surface area (Å²) in [4.78, 5) is 37.3. The lowest BCUT2D eigenvalue weighted by molar-refractivity contribution is -0.158. The van der Waals surface area contributed by atoms with Gasteiger partial charge in [-0.1, -0.05) is 57.5 Å². The van der Waals surface area contributed by atoms with Crippen LogP contribution in [0.5, 0.6) is 0 Å².